The Balaban J connectivity index is 1.71. The second kappa shape index (κ2) is 13.8. The number of anilines is 1. The summed E-state index contributed by atoms with van der Waals surface area (Å²) < 4.78 is 0. The Bertz CT molecular complexity index is 1280. The summed E-state index contributed by atoms with van der Waals surface area (Å²) >= 11 is 0. The van der Waals surface area contributed by atoms with Crippen molar-refractivity contribution in [2.24, 2.45) is 10.9 Å². The van der Waals surface area contributed by atoms with Crippen molar-refractivity contribution in [3.05, 3.63) is 143 Å². The van der Waals surface area contributed by atoms with Gasteiger partial charge in [-0.1, -0.05) is 102 Å². The van der Waals surface area contributed by atoms with Crippen LogP contribution in [0.2, 0.25) is 0 Å². The lowest BCUT2D eigenvalue weighted by Gasteiger charge is -2.24. The first-order valence-electron chi connectivity index (χ1n) is 14.3. The van der Waals surface area contributed by atoms with Gasteiger partial charge in [0.15, 0.2) is 0 Å². The van der Waals surface area contributed by atoms with Gasteiger partial charge < -0.3 is 4.90 Å². The molecule has 1 aliphatic rings. The molecule has 200 valence electrons. The maximum atomic E-state index is 4.57. The van der Waals surface area contributed by atoms with Gasteiger partial charge in [-0.15, -0.1) is 0 Å². The number of hydrogen-bond donors (Lipinski definition) is 0. The van der Waals surface area contributed by atoms with E-state index in [2.05, 4.69) is 160 Å². The third-order valence-corrected chi connectivity index (χ3v) is 7.45. The molecule has 0 heterocycles. The molecule has 1 aliphatic carbocycles. The van der Waals surface area contributed by atoms with Crippen molar-refractivity contribution >= 4 is 17.0 Å². The highest BCUT2D eigenvalue weighted by atomic mass is 15.1. The van der Waals surface area contributed by atoms with E-state index < -0.39 is 0 Å². The molecule has 0 spiro atoms. The van der Waals surface area contributed by atoms with Crippen LogP contribution in [0.15, 0.2) is 120 Å². The lowest BCUT2D eigenvalue weighted by Crippen LogP contribution is -2.21. The van der Waals surface area contributed by atoms with Crippen LogP contribution < -0.4 is 4.90 Å². The predicted molar refractivity (Wildman–Crippen MR) is 171 cm³/mol. The van der Waals surface area contributed by atoms with Crippen molar-refractivity contribution in [1.29, 1.82) is 0 Å². The number of hydrogen-bond acceptors (Lipinski definition) is 2. The van der Waals surface area contributed by atoms with Gasteiger partial charge in [-0.2, -0.15) is 0 Å². The molecule has 0 saturated heterocycles. The number of aryl methyl sites for hydroxylation is 2. The third-order valence-electron chi connectivity index (χ3n) is 7.45. The van der Waals surface area contributed by atoms with Gasteiger partial charge >= 0.3 is 0 Å². The van der Waals surface area contributed by atoms with Gasteiger partial charge in [0.05, 0.1) is 5.71 Å². The normalized spacial score (nSPS) is 15.4. The SMILES string of the molecule is CCN=C1C=CC(C(/C=C/C=C(c2ccc(C)cc2)c2ccc(C)cc2)c2ccc(N(CC)CC)cc2)C=C1. The molecule has 3 aromatic carbocycles. The van der Waals surface area contributed by atoms with E-state index in [1.807, 2.05) is 0 Å². The standard InChI is InChI=1S/C37H42N2/c1-6-38-34-24-20-32(21-25-34)37(33-22-26-35(27-23-33)39(7-2)8-3)11-9-10-36(30-16-12-28(4)13-17-30)31-18-14-29(5)15-19-31/h9-27,32,37H,6-8H2,1-5H3/b11-9+,38-34?. The van der Waals surface area contributed by atoms with Gasteiger partial charge in [0, 0.05) is 37.2 Å². The Kier molecular flexibility index (Phi) is 9.91. The number of allylic oxidation sites excluding steroid dienone is 7. The molecular weight excluding hydrogens is 472 g/mol. The van der Waals surface area contributed by atoms with Crippen LogP contribution in [0.25, 0.3) is 5.57 Å². The minimum Gasteiger partial charge on any atom is -0.372 e. The smallest absolute Gasteiger partial charge is 0.0568 e. The van der Waals surface area contributed by atoms with Crippen molar-refractivity contribution in [1.82, 2.24) is 0 Å². The van der Waals surface area contributed by atoms with Crippen LogP contribution in [0.4, 0.5) is 5.69 Å². The summed E-state index contributed by atoms with van der Waals surface area (Å²) in [6.07, 6.45) is 15.8. The van der Waals surface area contributed by atoms with Gasteiger partial charge in [-0.3, -0.25) is 4.99 Å². The Hall–Kier alpha value is -3.91. The van der Waals surface area contributed by atoms with Crippen molar-refractivity contribution in [2.75, 3.05) is 24.5 Å². The van der Waals surface area contributed by atoms with Crippen LogP contribution in [0.5, 0.6) is 0 Å². The van der Waals surface area contributed by atoms with E-state index in [1.54, 1.807) is 0 Å². The molecule has 2 heteroatoms. The topological polar surface area (TPSA) is 15.6 Å². The van der Waals surface area contributed by atoms with Crippen LogP contribution in [0.3, 0.4) is 0 Å². The Morgan fingerprint density at radius 3 is 1.79 bits per heavy atom. The van der Waals surface area contributed by atoms with E-state index in [-0.39, 0.29) is 11.8 Å². The zero-order valence-electron chi connectivity index (χ0n) is 24.1. The van der Waals surface area contributed by atoms with Crippen LogP contribution in [0.1, 0.15) is 54.5 Å². The molecule has 4 rings (SSSR count). The highest BCUT2D eigenvalue weighted by molar-refractivity contribution is 6.04. The Labute approximate surface area is 235 Å². The number of rotatable bonds is 10. The van der Waals surface area contributed by atoms with Gasteiger partial charge in [-0.05, 0) is 81.2 Å². The monoisotopic (exact) mass is 514 g/mol. The highest BCUT2D eigenvalue weighted by Crippen LogP contribution is 2.32. The molecule has 0 aromatic heterocycles. The zero-order valence-corrected chi connectivity index (χ0v) is 24.1. The first-order valence-corrected chi connectivity index (χ1v) is 14.3. The molecule has 0 amide bonds. The van der Waals surface area contributed by atoms with Crippen molar-refractivity contribution in [3.8, 4) is 0 Å². The summed E-state index contributed by atoms with van der Waals surface area (Å²) in [5, 5.41) is 0. The molecule has 0 radical (unpaired) electrons. The van der Waals surface area contributed by atoms with Gasteiger partial charge in [0.2, 0.25) is 0 Å². The Morgan fingerprint density at radius 2 is 1.31 bits per heavy atom. The van der Waals surface area contributed by atoms with Gasteiger partial charge in [-0.25, -0.2) is 0 Å². The van der Waals surface area contributed by atoms with Crippen molar-refractivity contribution in [3.63, 3.8) is 0 Å². The predicted octanol–water partition coefficient (Wildman–Crippen LogP) is 9.12. The van der Waals surface area contributed by atoms with Gasteiger partial charge in [0.25, 0.3) is 0 Å². The summed E-state index contributed by atoms with van der Waals surface area (Å²) in [4.78, 5) is 6.96. The average Bonchev–Trinajstić information content (AvgIpc) is 2.96. The fourth-order valence-electron chi connectivity index (χ4n) is 5.12. The van der Waals surface area contributed by atoms with Crippen LogP contribution in [0, 0.1) is 19.8 Å². The van der Waals surface area contributed by atoms with Crippen LogP contribution >= 0.6 is 0 Å². The molecular formula is C37H42N2. The molecule has 0 aliphatic heterocycles. The second-order valence-electron chi connectivity index (χ2n) is 10.2. The maximum absolute atomic E-state index is 4.57. The molecule has 39 heavy (non-hydrogen) atoms. The van der Waals surface area contributed by atoms with E-state index in [0.29, 0.717) is 0 Å². The van der Waals surface area contributed by atoms with Crippen molar-refractivity contribution < 1.29 is 0 Å². The molecule has 1 unspecified atom stereocenters. The third kappa shape index (κ3) is 7.35. The summed E-state index contributed by atoms with van der Waals surface area (Å²) in [5.74, 6) is 0.493. The average molecular weight is 515 g/mol. The van der Waals surface area contributed by atoms with E-state index in [9.17, 15) is 0 Å². The summed E-state index contributed by atoms with van der Waals surface area (Å²) in [7, 11) is 0. The lowest BCUT2D eigenvalue weighted by molar-refractivity contribution is 0.705. The molecule has 0 N–H and O–H groups in total. The fourth-order valence-corrected chi connectivity index (χ4v) is 5.12. The molecule has 3 aromatic rings. The maximum Gasteiger partial charge on any atom is 0.0568 e. The molecule has 2 nitrogen and oxygen atoms in total. The zero-order chi connectivity index (χ0) is 27.6. The van der Waals surface area contributed by atoms with E-state index in [4.69, 9.17) is 0 Å². The largest absolute Gasteiger partial charge is 0.372 e. The molecule has 0 saturated carbocycles. The van der Waals surface area contributed by atoms with E-state index in [1.165, 1.54) is 39.1 Å². The second-order valence-corrected chi connectivity index (χ2v) is 10.2. The first kappa shape index (κ1) is 28.1. The lowest BCUT2D eigenvalue weighted by atomic mass is 9.83. The minimum absolute atomic E-state index is 0.222. The van der Waals surface area contributed by atoms with Crippen molar-refractivity contribution in [2.45, 2.75) is 40.5 Å². The minimum atomic E-state index is 0.222. The fraction of sp³-hybridized carbons (Fsp3) is 0.270. The Morgan fingerprint density at radius 1 is 0.769 bits per heavy atom. The molecule has 0 bridgehead atoms. The van der Waals surface area contributed by atoms with E-state index >= 15 is 0 Å². The number of nitrogens with zero attached hydrogens (tertiary/aromatic N) is 2. The summed E-state index contributed by atoms with van der Waals surface area (Å²) in [6.45, 7) is 13.6. The number of benzene rings is 3. The van der Waals surface area contributed by atoms with Crippen LogP contribution in [-0.4, -0.2) is 25.3 Å². The summed E-state index contributed by atoms with van der Waals surface area (Å²) in [6, 6.07) is 26.8. The molecule has 1 atom stereocenters. The quantitative estimate of drug-likeness (QED) is 0.246. The first-order chi connectivity index (χ1) is 19.0. The molecule has 0 fully saturated rings. The number of aliphatic imine (C=N–C) groups is 1. The summed E-state index contributed by atoms with van der Waals surface area (Å²) in [5.41, 5.74) is 9.88. The van der Waals surface area contributed by atoms with Gasteiger partial charge in [0.1, 0.15) is 0 Å². The van der Waals surface area contributed by atoms with E-state index in [0.717, 1.165) is 25.3 Å². The highest BCUT2D eigenvalue weighted by Gasteiger charge is 2.19. The van der Waals surface area contributed by atoms with Crippen LogP contribution in [-0.2, 0) is 0 Å².